The maximum atomic E-state index is 12.9. The van der Waals surface area contributed by atoms with Crippen molar-refractivity contribution in [3.63, 3.8) is 0 Å². The minimum atomic E-state index is 0.161. The Morgan fingerprint density at radius 2 is 2.29 bits per heavy atom. The molecule has 0 spiro atoms. The molecule has 6 heteroatoms. The third-order valence-corrected chi connectivity index (χ3v) is 6.05. The summed E-state index contributed by atoms with van der Waals surface area (Å²) in [4.78, 5) is 18.1. The van der Waals surface area contributed by atoms with Gasteiger partial charge in [0.1, 0.15) is 5.76 Å². The maximum Gasteiger partial charge on any atom is 0.264 e. The van der Waals surface area contributed by atoms with Gasteiger partial charge in [-0.05, 0) is 30.0 Å². The molecule has 4 rings (SSSR count). The van der Waals surface area contributed by atoms with Gasteiger partial charge in [0.05, 0.1) is 29.8 Å². The van der Waals surface area contributed by atoms with Crippen molar-refractivity contribution in [2.24, 2.45) is 5.92 Å². The Labute approximate surface area is 145 Å². The number of furan rings is 1. The van der Waals surface area contributed by atoms with E-state index >= 15 is 0 Å². The summed E-state index contributed by atoms with van der Waals surface area (Å²) in [6.07, 6.45) is 2.84. The Kier molecular flexibility index (Phi) is 4.43. The summed E-state index contributed by atoms with van der Waals surface area (Å²) in [6, 6.07) is 8.00. The van der Waals surface area contributed by atoms with Gasteiger partial charge in [0.15, 0.2) is 0 Å². The van der Waals surface area contributed by atoms with E-state index in [1.54, 1.807) is 13.4 Å². The number of thiophene rings is 1. The van der Waals surface area contributed by atoms with Gasteiger partial charge in [-0.15, -0.1) is 11.3 Å². The molecule has 0 radical (unpaired) electrons. The van der Waals surface area contributed by atoms with Gasteiger partial charge in [0.25, 0.3) is 5.91 Å². The third-order valence-electron chi connectivity index (χ3n) is 5.20. The van der Waals surface area contributed by atoms with Gasteiger partial charge in [-0.1, -0.05) is 6.07 Å². The summed E-state index contributed by atoms with van der Waals surface area (Å²) in [5, 5.41) is 1.96. The SMILES string of the molecule is CO[C@@H]1CCN(C(=O)c2cccs2)[C@@H]2CN(Cc3ccco3)C[C@@H]21. The Bertz CT molecular complexity index is 671. The topological polar surface area (TPSA) is 45.9 Å². The number of fused-ring (bicyclic) bond motifs is 1. The highest BCUT2D eigenvalue weighted by Crippen LogP contribution is 2.34. The Balaban J connectivity index is 1.52. The number of carbonyl (C=O) groups is 1. The zero-order valence-electron chi connectivity index (χ0n) is 13.8. The van der Waals surface area contributed by atoms with Crippen LogP contribution in [-0.4, -0.2) is 54.6 Å². The maximum absolute atomic E-state index is 12.9. The predicted molar refractivity (Wildman–Crippen MR) is 92.0 cm³/mol. The van der Waals surface area contributed by atoms with Crippen molar-refractivity contribution in [1.82, 2.24) is 9.80 Å². The molecular formula is C18H22N2O3S. The lowest BCUT2D eigenvalue weighted by molar-refractivity contribution is -0.0155. The molecule has 3 atom stereocenters. The summed E-state index contributed by atoms with van der Waals surface area (Å²) in [7, 11) is 1.79. The van der Waals surface area contributed by atoms with Gasteiger partial charge >= 0.3 is 0 Å². The molecule has 0 unspecified atom stereocenters. The van der Waals surface area contributed by atoms with Gasteiger partial charge < -0.3 is 14.1 Å². The molecule has 0 saturated carbocycles. The summed E-state index contributed by atoms with van der Waals surface area (Å²) in [5.41, 5.74) is 0. The van der Waals surface area contributed by atoms with Crippen LogP contribution >= 0.6 is 11.3 Å². The average molecular weight is 346 g/mol. The highest BCUT2D eigenvalue weighted by atomic mass is 32.1. The third kappa shape index (κ3) is 2.90. The number of rotatable bonds is 4. The second kappa shape index (κ2) is 6.70. The smallest absolute Gasteiger partial charge is 0.264 e. The lowest BCUT2D eigenvalue weighted by Gasteiger charge is -2.40. The molecule has 1 amide bonds. The van der Waals surface area contributed by atoms with E-state index in [-0.39, 0.29) is 18.1 Å². The van der Waals surface area contributed by atoms with Crippen molar-refractivity contribution in [2.75, 3.05) is 26.7 Å². The quantitative estimate of drug-likeness (QED) is 0.854. The summed E-state index contributed by atoms with van der Waals surface area (Å²) in [5.74, 6) is 1.50. The van der Waals surface area contributed by atoms with Crippen LogP contribution in [0.4, 0.5) is 0 Å². The van der Waals surface area contributed by atoms with Gasteiger partial charge in [0, 0.05) is 32.7 Å². The molecule has 2 aliphatic rings. The summed E-state index contributed by atoms with van der Waals surface area (Å²) in [6.45, 7) is 3.38. The Morgan fingerprint density at radius 3 is 3.00 bits per heavy atom. The first-order chi connectivity index (χ1) is 11.8. The van der Waals surface area contributed by atoms with Crippen molar-refractivity contribution in [1.29, 1.82) is 0 Å². The second-order valence-corrected chi connectivity index (χ2v) is 7.49. The van der Waals surface area contributed by atoms with E-state index in [9.17, 15) is 4.79 Å². The van der Waals surface area contributed by atoms with Gasteiger partial charge in [-0.3, -0.25) is 9.69 Å². The molecule has 2 fully saturated rings. The van der Waals surface area contributed by atoms with Crippen molar-refractivity contribution >= 4 is 17.2 Å². The van der Waals surface area contributed by atoms with Crippen LogP contribution in [0.15, 0.2) is 40.3 Å². The zero-order valence-corrected chi connectivity index (χ0v) is 14.6. The predicted octanol–water partition coefficient (Wildman–Crippen LogP) is 2.70. The molecule has 2 aromatic rings. The fourth-order valence-electron chi connectivity index (χ4n) is 4.07. The number of methoxy groups -OCH3 is 1. The molecule has 5 nitrogen and oxygen atoms in total. The molecule has 0 aromatic carbocycles. The number of ether oxygens (including phenoxy) is 1. The van der Waals surface area contributed by atoms with E-state index in [2.05, 4.69) is 9.80 Å². The molecule has 0 aliphatic carbocycles. The lowest BCUT2D eigenvalue weighted by atomic mass is 9.89. The Morgan fingerprint density at radius 1 is 1.38 bits per heavy atom. The van der Waals surface area contributed by atoms with Gasteiger partial charge in [-0.25, -0.2) is 0 Å². The normalized spacial score (nSPS) is 27.4. The molecule has 128 valence electrons. The van der Waals surface area contributed by atoms with Crippen molar-refractivity contribution in [3.05, 3.63) is 46.5 Å². The van der Waals surface area contributed by atoms with E-state index in [4.69, 9.17) is 9.15 Å². The second-order valence-electron chi connectivity index (χ2n) is 6.54. The highest BCUT2D eigenvalue weighted by Gasteiger charge is 2.46. The van der Waals surface area contributed by atoms with E-state index < -0.39 is 0 Å². The Hall–Kier alpha value is -1.63. The standard InChI is InChI=1S/C18H22N2O3S/c1-22-16-6-7-20(18(21)17-5-3-9-24-17)15-12-19(11-14(15)16)10-13-4-2-8-23-13/h2-5,8-9,14-16H,6-7,10-12H2,1H3/t14-,15+,16+/m0/s1. The van der Waals surface area contributed by atoms with Crippen LogP contribution in [0.5, 0.6) is 0 Å². The molecule has 0 N–H and O–H groups in total. The first kappa shape index (κ1) is 15.9. The lowest BCUT2D eigenvalue weighted by Crippen LogP contribution is -2.53. The number of carbonyl (C=O) groups excluding carboxylic acids is 1. The summed E-state index contributed by atoms with van der Waals surface area (Å²) >= 11 is 1.52. The number of likely N-dealkylation sites (tertiary alicyclic amines) is 2. The van der Waals surface area contributed by atoms with Crippen LogP contribution in [0.3, 0.4) is 0 Å². The molecule has 4 heterocycles. The fraction of sp³-hybridized carbons (Fsp3) is 0.500. The largest absolute Gasteiger partial charge is 0.468 e. The van der Waals surface area contributed by atoms with E-state index in [1.165, 1.54) is 11.3 Å². The van der Waals surface area contributed by atoms with Gasteiger partial charge in [-0.2, -0.15) is 0 Å². The van der Waals surface area contributed by atoms with E-state index in [0.29, 0.717) is 5.92 Å². The molecule has 2 saturated heterocycles. The van der Waals surface area contributed by atoms with Crippen molar-refractivity contribution in [2.45, 2.75) is 25.1 Å². The number of amides is 1. The number of hydrogen-bond donors (Lipinski definition) is 0. The van der Waals surface area contributed by atoms with Crippen LogP contribution in [0.2, 0.25) is 0 Å². The summed E-state index contributed by atoms with van der Waals surface area (Å²) < 4.78 is 11.2. The minimum absolute atomic E-state index is 0.161. The van der Waals surface area contributed by atoms with Crippen LogP contribution in [0, 0.1) is 5.92 Å². The number of piperidine rings is 1. The number of nitrogens with zero attached hydrogens (tertiary/aromatic N) is 2. The zero-order chi connectivity index (χ0) is 16.5. The molecule has 2 aromatic heterocycles. The first-order valence-electron chi connectivity index (χ1n) is 8.38. The van der Waals surface area contributed by atoms with E-state index in [0.717, 1.165) is 43.2 Å². The molecule has 2 aliphatic heterocycles. The molecule has 0 bridgehead atoms. The average Bonchev–Trinajstić information content (AvgIpc) is 3.34. The molecule has 24 heavy (non-hydrogen) atoms. The van der Waals surface area contributed by atoms with Crippen LogP contribution in [0.25, 0.3) is 0 Å². The van der Waals surface area contributed by atoms with Crippen molar-refractivity contribution in [3.8, 4) is 0 Å². The fourth-order valence-corrected chi connectivity index (χ4v) is 4.75. The minimum Gasteiger partial charge on any atom is -0.468 e. The highest BCUT2D eigenvalue weighted by molar-refractivity contribution is 7.12. The molecular weight excluding hydrogens is 324 g/mol. The first-order valence-corrected chi connectivity index (χ1v) is 9.26. The monoisotopic (exact) mass is 346 g/mol. The van der Waals surface area contributed by atoms with Gasteiger partial charge in [0.2, 0.25) is 0 Å². The van der Waals surface area contributed by atoms with E-state index in [1.807, 2.05) is 29.6 Å². The van der Waals surface area contributed by atoms with Crippen LogP contribution in [-0.2, 0) is 11.3 Å². The van der Waals surface area contributed by atoms with Crippen molar-refractivity contribution < 1.29 is 13.9 Å². The van der Waals surface area contributed by atoms with Crippen LogP contribution in [0.1, 0.15) is 21.9 Å². The van der Waals surface area contributed by atoms with Crippen LogP contribution < -0.4 is 0 Å². The number of hydrogen-bond acceptors (Lipinski definition) is 5.